The molecule has 1 aromatic carbocycles. The molecular formula is C19H26N4O2S. The lowest BCUT2D eigenvalue weighted by Gasteiger charge is -2.17. The van der Waals surface area contributed by atoms with Crippen LogP contribution in [0.4, 0.5) is 4.79 Å². The maximum absolute atomic E-state index is 12.6. The number of hydrogen-bond acceptors (Lipinski definition) is 4. The third-order valence-corrected chi connectivity index (χ3v) is 5.69. The van der Waals surface area contributed by atoms with Gasteiger partial charge in [0.2, 0.25) is 5.91 Å². The zero-order valence-corrected chi connectivity index (χ0v) is 16.2. The number of imide groups is 1. The average molecular weight is 375 g/mol. The second kappa shape index (κ2) is 8.58. The second-order valence-electron chi connectivity index (χ2n) is 6.58. The molecule has 1 aromatic heterocycles. The number of carbonyl (C=O) groups is 2. The molecule has 0 spiro atoms. The number of nitrogens with zero attached hydrogens (tertiary/aromatic N) is 3. The molecule has 1 unspecified atom stereocenters. The van der Waals surface area contributed by atoms with Gasteiger partial charge in [0, 0.05) is 19.6 Å². The Hall–Kier alpha value is -2.02. The van der Waals surface area contributed by atoms with Crippen LogP contribution in [0.1, 0.15) is 39.5 Å². The van der Waals surface area contributed by atoms with E-state index in [1.54, 1.807) is 0 Å². The van der Waals surface area contributed by atoms with Gasteiger partial charge in [0.15, 0.2) is 5.16 Å². The normalized spacial score (nSPS) is 15.5. The molecule has 7 heteroatoms. The molecule has 0 aliphatic carbocycles. The molecular weight excluding hydrogens is 348 g/mol. The van der Waals surface area contributed by atoms with Gasteiger partial charge in [-0.1, -0.05) is 50.1 Å². The lowest BCUT2D eigenvalue weighted by molar-refractivity contribution is -0.126. The van der Waals surface area contributed by atoms with Crippen molar-refractivity contribution in [1.82, 2.24) is 19.8 Å². The number of carbonyl (C=O) groups excluding carboxylic acids is 2. The molecule has 3 rings (SSSR count). The maximum Gasteiger partial charge on any atom is 0.324 e. The first kappa shape index (κ1) is 18.8. The van der Waals surface area contributed by atoms with Crippen molar-refractivity contribution in [2.24, 2.45) is 0 Å². The summed E-state index contributed by atoms with van der Waals surface area (Å²) >= 11 is 1.44. The number of hydrogen-bond donors (Lipinski definition) is 1. The van der Waals surface area contributed by atoms with Gasteiger partial charge in [0.05, 0.1) is 16.3 Å². The molecule has 3 amide bonds. The van der Waals surface area contributed by atoms with Crippen LogP contribution in [-0.2, 0) is 11.3 Å². The third kappa shape index (κ3) is 4.03. The Morgan fingerprint density at radius 2 is 2.12 bits per heavy atom. The van der Waals surface area contributed by atoms with Gasteiger partial charge in [-0.05, 0) is 25.5 Å². The van der Waals surface area contributed by atoms with Crippen LogP contribution in [0.5, 0.6) is 0 Å². The number of unbranched alkanes of at least 4 members (excludes halogenated alkanes) is 3. The molecule has 2 heterocycles. The van der Waals surface area contributed by atoms with E-state index in [0.717, 1.165) is 29.2 Å². The molecule has 1 aliphatic rings. The Kier molecular flexibility index (Phi) is 6.19. The van der Waals surface area contributed by atoms with Crippen molar-refractivity contribution < 1.29 is 9.59 Å². The van der Waals surface area contributed by atoms with E-state index >= 15 is 0 Å². The first-order chi connectivity index (χ1) is 12.6. The third-order valence-electron chi connectivity index (χ3n) is 4.61. The van der Waals surface area contributed by atoms with Crippen LogP contribution in [0.25, 0.3) is 11.0 Å². The first-order valence-electron chi connectivity index (χ1n) is 9.33. The lowest BCUT2D eigenvalue weighted by atomic mass is 10.2. The van der Waals surface area contributed by atoms with Crippen LogP contribution in [0, 0.1) is 0 Å². The van der Waals surface area contributed by atoms with Crippen molar-refractivity contribution in [1.29, 1.82) is 0 Å². The van der Waals surface area contributed by atoms with Crippen molar-refractivity contribution in [3.8, 4) is 0 Å². The van der Waals surface area contributed by atoms with Gasteiger partial charge < -0.3 is 9.88 Å². The van der Waals surface area contributed by atoms with Crippen molar-refractivity contribution in [2.75, 3.05) is 13.1 Å². The topological polar surface area (TPSA) is 67.2 Å². The first-order valence-corrected chi connectivity index (χ1v) is 10.2. The van der Waals surface area contributed by atoms with Crippen molar-refractivity contribution in [3.05, 3.63) is 24.3 Å². The van der Waals surface area contributed by atoms with Gasteiger partial charge in [-0.25, -0.2) is 9.78 Å². The van der Waals surface area contributed by atoms with Crippen molar-refractivity contribution in [2.45, 2.75) is 56.5 Å². The Morgan fingerprint density at radius 3 is 2.85 bits per heavy atom. The summed E-state index contributed by atoms with van der Waals surface area (Å²) in [6, 6.07) is 7.78. The van der Waals surface area contributed by atoms with E-state index in [4.69, 9.17) is 4.98 Å². The minimum Gasteiger partial charge on any atom is -0.336 e. The fourth-order valence-corrected chi connectivity index (χ4v) is 4.18. The molecule has 1 saturated heterocycles. The molecule has 1 atom stereocenters. The summed E-state index contributed by atoms with van der Waals surface area (Å²) in [6.45, 7) is 5.91. The second-order valence-corrected chi connectivity index (χ2v) is 7.89. The molecule has 140 valence electrons. The highest BCUT2D eigenvalue weighted by molar-refractivity contribution is 8.00. The smallest absolute Gasteiger partial charge is 0.324 e. The van der Waals surface area contributed by atoms with Crippen LogP contribution in [0.2, 0.25) is 0 Å². The predicted octanol–water partition coefficient (Wildman–Crippen LogP) is 3.65. The summed E-state index contributed by atoms with van der Waals surface area (Å²) in [6.07, 6.45) is 4.72. The highest BCUT2D eigenvalue weighted by atomic mass is 32.2. The minimum atomic E-state index is -0.356. The van der Waals surface area contributed by atoms with Crippen LogP contribution in [0.15, 0.2) is 29.4 Å². The number of rotatable bonds is 8. The summed E-state index contributed by atoms with van der Waals surface area (Å²) in [4.78, 5) is 30.4. The van der Waals surface area contributed by atoms with E-state index in [1.165, 1.54) is 35.9 Å². The van der Waals surface area contributed by atoms with Gasteiger partial charge in [-0.2, -0.15) is 0 Å². The Morgan fingerprint density at radius 1 is 1.31 bits per heavy atom. The summed E-state index contributed by atoms with van der Waals surface area (Å²) in [5.41, 5.74) is 2.05. The number of thioether (sulfide) groups is 1. The van der Waals surface area contributed by atoms with E-state index in [9.17, 15) is 9.59 Å². The van der Waals surface area contributed by atoms with E-state index in [-0.39, 0.29) is 17.2 Å². The van der Waals surface area contributed by atoms with Gasteiger partial charge in [-0.15, -0.1) is 0 Å². The number of para-hydroxylation sites is 2. The quantitative estimate of drug-likeness (QED) is 0.566. The number of fused-ring (bicyclic) bond motifs is 1. The molecule has 1 fully saturated rings. The molecule has 1 aliphatic heterocycles. The van der Waals surface area contributed by atoms with Crippen LogP contribution in [-0.4, -0.2) is 44.7 Å². The van der Waals surface area contributed by atoms with Gasteiger partial charge in [-0.3, -0.25) is 9.69 Å². The summed E-state index contributed by atoms with van der Waals surface area (Å²) < 4.78 is 2.21. The lowest BCUT2D eigenvalue weighted by Crippen LogP contribution is -2.39. The Balaban J connectivity index is 1.77. The van der Waals surface area contributed by atoms with E-state index in [1.807, 2.05) is 25.1 Å². The highest BCUT2D eigenvalue weighted by Crippen LogP contribution is 2.29. The van der Waals surface area contributed by atoms with Gasteiger partial charge >= 0.3 is 6.03 Å². The number of urea groups is 1. The average Bonchev–Trinajstić information content (AvgIpc) is 3.21. The van der Waals surface area contributed by atoms with E-state index < -0.39 is 0 Å². The van der Waals surface area contributed by atoms with Crippen molar-refractivity contribution >= 4 is 34.7 Å². The summed E-state index contributed by atoms with van der Waals surface area (Å²) in [7, 11) is 0. The molecule has 2 aromatic rings. The monoisotopic (exact) mass is 374 g/mol. The van der Waals surface area contributed by atoms with Gasteiger partial charge in [0.25, 0.3) is 0 Å². The maximum atomic E-state index is 12.6. The van der Waals surface area contributed by atoms with Crippen molar-refractivity contribution in [3.63, 3.8) is 0 Å². The van der Waals surface area contributed by atoms with Crippen LogP contribution < -0.4 is 5.32 Å². The SMILES string of the molecule is CCCCCCn1c(SC(C)C(=O)N2CCNC2=O)nc2ccccc21. The zero-order valence-electron chi connectivity index (χ0n) is 15.4. The molecule has 1 N–H and O–H groups in total. The van der Waals surface area contributed by atoms with E-state index in [2.05, 4.69) is 22.9 Å². The predicted molar refractivity (Wildman–Crippen MR) is 104 cm³/mol. The fraction of sp³-hybridized carbons (Fsp3) is 0.526. The largest absolute Gasteiger partial charge is 0.336 e. The standard InChI is InChI=1S/C19H26N4O2S/c1-3-4-5-8-12-22-16-10-7-6-9-15(16)21-19(22)26-14(2)17(24)23-13-11-20-18(23)25/h6-7,9-10,14H,3-5,8,11-13H2,1-2H3,(H,20,25). The van der Waals surface area contributed by atoms with Crippen LogP contribution >= 0.6 is 11.8 Å². The van der Waals surface area contributed by atoms with Crippen LogP contribution in [0.3, 0.4) is 0 Å². The minimum absolute atomic E-state index is 0.158. The Bertz CT molecular complexity index is 789. The highest BCUT2D eigenvalue weighted by Gasteiger charge is 2.31. The number of nitrogens with one attached hydrogen (secondary N) is 1. The number of amides is 3. The molecule has 26 heavy (non-hydrogen) atoms. The summed E-state index contributed by atoms with van der Waals surface area (Å²) in [5, 5.41) is 3.17. The van der Waals surface area contributed by atoms with E-state index in [0.29, 0.717) is 13.1 Å². The molecule has 0 radical (unpaired) electrons. The summed E-state index contributed by atoms with van der Waals surface area (Å²) in [5.74, 6) is -0.158. The molecule has 6 nitrogen and oxygen atoms in total. The Labute approximate surface area is 158 Å². The molecule has 0 bridgehead atoms. The number of benzene rings is 1. The fourth-order valence-electron chi connectivity index (χ4n) is 3.17. The molecule has 0 saturated carbocycles. The zero-order chi connectivity index (χ0) is 18.5. The van der Waals surface area contributed by atoms with Gasteiger partial charge in [0.1, 0.15) is 0 Å². The number of aromatic nitrogens is 2. The number of imidazole rings is 1. The number of aryl methyl sites for hydroxylation is 1.